The molecule has 4 heteroatoms. The Morgan fingerprint density at radius 3 is 2.33 bits per heavy atom. The van der Waals surface area contributed by atoms with Gasteiger partial charge in [0.05, 0.1) is 0 Å². The van der Waals surface area contributed by atoms with Gasteiger partial charge in [-0.25, -0.2) is 0 Å². The van der Waals surface area contributed by atoms with Gasteiger partial charge in [-0.2, -0.15) is 0 Å². The summed E-state index contributed by atoms with van der Waals surface area (Å²) in [5.74, 6) is 0.360. The van der Waals surface area contributed by atoms with Gasteiger partial charge in [0, 0.05) is 30.9 Å². The summed E-state index contributed by atoms with van der Waals surface area (Å²) in [5, 5.41) is 0. The van der Waals surface area contributed by atoms with Gasteiger partial charge in [-0.05, 0) is 63.8 Å². The molecule has 1 aromatic carbocycles. The van der Waals surface area contributed by atoms with Gasteiger partial charge in [0.15, 0.2) is 0 Å². The van der Waals surface area contributed by atoms with Crippen LogP contribution >= 0.6 is 0 Å². The van der Waals surface area contributed by atoms with Gasteiger partial charge in [-0.15, -0.1) is 0 Å². The third kappa shape index (κ3) is 4.96. The Hall–Kier alpha value is -1.71. The number of hydrogen-bond donors (Lipinski definition) is 1. The third-order valence-corrected chi connectivity index (χ3v) is 3.75. The number of carbonyl (C=O) groups is 1. The minimum absolute atomic E-state index is 0.0755. The van der Waals surface area contributed by atoms with Crippen molar-refractivity contribution in [2.24, 2.45) is 5.92 Å². The monoisotopic (exact) mass is 290 g/mol. The molecule has 1 saturated heterocycles. The lowest BCUT2D eigenvalue weighted by atomic mass is 9.93. The van der Waals surface area contributed by atoms with Crippen LogP contribution in [0.1, 0.15) is 40.0 Å². The maximum Gasteiger partial charge on any atom is 0.306 e. The average molecular weight is 290 g/mol. The quantitative estimate of drug-likeness (QED) is 0.686. The number of rotatable bonds is 3. The number of nitrogens with two attached hydrogens (primary N) is 1. The fourth-order valence-corrected chi connectivity index (χ4v) is 2.70. The number of ether oxygens (including phenoxy) is 1. The molecule has 1 heterocycles. The van der Waals surface area contributed by atoms with E-state index in [1.807, 2.05) is 32.9 Å². The molecule has 1 fully saturated rings. The zero-order valence-corrected chi connectivity index (χ0v) is 13.3. The molecule has 21 heavy (non-hydrogen) atoms. The topological polar surface area (TPSA) is 55.6 Å². The van der Waals surface area contributed by atoms with Crippen molar-refractivity contribution < 1.29 is 9.53 Å². The molecule has 116 valence electrons. The molecule has 1 aliphatic rings. The van der Waals surface area contributed by atoms with Gasteiger partial charge >= 0.3 is 5.97 Å². The predicted octanol–water partition coefficient (Wildman–Crippen LogP) is 3.22. The van der Waals surface area contributed by atoms with Crippen LogP contribution in [0.15, 0.2) is 24.3 Å². The molecule has 0 atom stereocenters. The summed E-state index contributed by atoms with van der Waals surface area (Å²) in [6, 6.07) is 7.98. The number of benzene rings is 1. The molecule has 1 aromatic rings. The van der Waals surface area contributed by atoms with Crippen LogP contribution < -0.4 is 10.6 Å². The number of nitrogen functional groups attached to an aromatic ring is 1. The smallest absolute Gasteiger partial charge is 0.306 e. The van der Waals surface area contributed by atoms with Gasteiger partial charge in [-0.3, -0.25) is 4.79 Å². The Kier molecular flexibility index (Phi) is 4.76. The van der Waals surface area contributed by atoms with E-state index in [9.17, 15) is 4.79 Å². The summed E-state index contributed by atoms with van der Waals surface area (Å²) in [6.07, 6.45) is 2.60. The molecule has 0 bridgehead atoms. The minimum atomic E-state index is -0.387. The van der Waals surface area contributed by atoms with E-state index in [4.69, 9.17) is 10.5 Å². The van der Waals surface area contributed by atoms with Gasteiger partial charge < -0.3 is 15.4 Å². The average Bonchev–Trinajstić information content (AvgIpc) is 2.38. The molecule has 1 aliphatic heterocycles. The largest absolute Gasteiger partial charge is 0.460 e. The first-order valence-corrected chi connectivity index (χ1v) is 7.66. The highest BCUT2D eigenvalue weighted by Crippen LogP contribution is 2.26. The number of esters is 1. The molecule has 2 N–H and O–H groups in total. The highest BCUT2D eigenvalue weighted by molar-refractivity contribution is 5.70. The molecular formula is C17H26N2O2. The van der Waals surface area contributed by atoms with Crippen LogP contribution in [-0.2, 0) is 9.53 Å². The predicted molar refractivity (Wildman–Crippen MR) is 86.3 cm³/mol. The molecule has 2 rings (SSSR count). The van der Waals surface area contributed by atoms with E-state index in [1.54, 1.807) is 0 Å². The number of nitrogens with zero attached hydrogens (tertiary/aromatic N) is 1. The van der Waals surface area contributed by atoms with E-state index in [2.05, 4.69) is 17.0 Å². The van der Waals surface area contributed by atoms with E-state index in [-0.39, 0.29) is 11.6 Å². The van der Waals surface area contributed by atoms with E-state index in [0.717, 1.165) is 31.6 Å². The molecule has 0 unspecified atom stereocenters. The lowest BCUT2D eigenvalue weighted by Crippen LogP contribution is -2.35. The van der Waals surface area contributed by atoms with Gasteiger partial charge in [-0.1, -0.05) is 0 Å². The normalized spacial score (nSPS) is 16.8. The SMILES string of the molecule is CC(C)(C)OC(=O)CC1CCN(c2ccc(N)cc2)CC1. The van der Waals surface area contributed by atoms with Crippen LogP contribution in [0, 0.1) is 5.92 Å². The van der Waals surface area contributed by atoms with E-state index in [1.165, 1.54) is 5.69 Å². The summed E-state index contributed by atoms with van der Waals surface area (Å²) < 4.78 is 5.40. The summed E-state index contributed by atoms with van der Waals surface area (Å²) >= 11 is 0. The molecule has 0 saturated carbocycles. The zero-order chi connectivity index (χ0) is 15.5. The van der Waals surface area contributed by atoms with Crippen molar-refractivity contribution in [1.29, 1.82) is 0 Å². The van der Waals surface area contributed by atoms with Gasteiger partial charge in [0.2, 0.25) is 0 Å². The molecule has 0 aliphatic carbocycles. The Balaban J connectivity index is 1.80. The van der Waals surface area contributed by atoms with Crippen LogP contribution in [0.4, 0.5) is 11.4 Å². The maximum absolute atomic E-state index is 11.9. The zero-order valence-electron chi connectivity index (χ0n) is 13.3. The first-order valence-electron chi connectivity index (χ1n) is 7.66. The van der Waals surface area contributed by atoms with Crippen molar-refractivity contribution in [3.63, 3.8) is 0 Å². The molecular weight excluding hydrogens is 264 g/mol. The second-order valence-electron chi connectivity index (χ2n) is 6.81. The van der Waals surface area contributed by atoms with E-state index < -0.39 is 0 Å². The van der Waals surface area contributed by atoms with Crippen LogP contribution in [0.2, 0.25) is 0 Å². The summed E-state index contributed by atoms with van der Waals surface area (Å²) in [6.45, 7) is 7.70. The van der Waals surface area contributed by atoms with E-state index >= 15 is 0 Å². The fraction of sp³-hybridized carbons (Fsp3) is 0.588. The van der Waals surface area contributed by atoms with Crippen LogP contribution in [0.3, 0.4) is 0 Å². The second-order valence-corrected chi connectivity index (χ2v) is 6.81. The second kappa shape index (κ2) is 6.37. The van der Waals surface area contributed by atoms with Crippen LogP contribution in [0.5, 0.6) is 0 Å². The molecule has 0 amide bonds. The standard InChI is InChI=1S/C17H26N2O2/c1-17(2,3)21-16(20)12-13-8-10-19(11-9-13)15-6-4-14(18)5-7-15/h4-7,13H,8-12,18H2,1-3H3. The number of hydrogen-bond acceptors (Lipinski definition) is 4. The lowest BCUT2D eigenvalue weighted by Gasteiger charge is -2.33. The summed E-state index contributed by atoms with van der Waals surface area (Å²) in [4.78, 5) is 14.2. The number of piperidine rings is 1. The van der Waals surface area contributed by atoms with Gasteiger partial charge in [0.1, 0.15) is 5.60 Å². The van der Waals surface area contributed by atoms with Crippen LogP contribution in [0.25, 0.3) is 0 Å². The maximum atomic E-state index is 11.9. The molecule has 4 nitrogen and oxygen atoms in total. The van der Waals surface area contributed by atoms with Crippen molar-refractivity contribution in [3.8, 4) is 0 Å². The number of carbonyl (C=O) groups excluding carboxylic acids is 1. The van der Waals surface area contributed by atoms with E-state index in [0.29, 0.717) is 12.3 Å². The summed E-state index contributed by atoms with van der Waals surface area (Å²) in [5.41, 5.74) is 7.33. The number of anilines is 2. The third-order valence-electron chi connectivity index (χ3n) is 3.75. The first-order chi connectivity index (χ1) is 9.83. The highest BCUT2D eigenvalue weighted by atomic mass is 16.6. The highest BCUT2D eigenvalue weighted by Gasteiger charge is 2.24. The Morgan fingerprint density at radius 2 is 1.81 bits per heavy atom. The van der Waals surface area contributed by atoms with Crippen molar-refractivity contribution in [1.82, 2.24) is 0 Å². The van der Waals surface area contributed by atoms with Crippen LogP contribution in [-0.4, -0.2) is 24.7 Å². The Labute approximate surface area is 127 Å². The van der Waals surface area contributed by atoms with Crippen molar-refractivity contribution in [2.75, 3.05) is 23.7 Å². The fourth-order valence-electron chi connectivity index (χ4n) is 2.70. The molecule has 0 spiro atoms. The van der Waals surface area contributed by atoms with Gasteiger partial charge in [0.25, 0.3) is 0 Å². The first kappa shape index (κ1) is 15.7. The Bertz CT molecular complexity index is 469. The molecule has 0 aromatic heterocycles. The summed E-state index contributed by atoms with van der Waals surface area (Å²) in [7, 11) is 0. The lowest BCUT2D eigenvalue weighted by molar-refractivity contribution is -0.156. The van der Waals surface area contributed by atoms with Crippen molar-refractivity contribution in [3.05, 3.63) is 24.3 Å². The van der Waals surface area contributed by atoms with Crippen molar-refractivity contribution >= 4 is 17.3 Å². The minimum Gasteiger partial charge on any atom is -0.460 e. The molecule has 0 radical (unpaired) electrons. The Morgan fingerprint density at radius 1 is 1.24 bits per heavy atom. The van der Waals surface area contributed by atoms with Crippen molar-refractivity contribution in [2.45, 2.75) is 45.6 Å².